The Morgan fingerprint density at radius 3 is 1.10 bits per heavy atom. The highest BCUT2D eigenvalue weighted by Gasteiger charge is 2.18. The summed E-state index contributed by atoms with van der Waals surface area (Å²) in [6.45, 7) is 4.86. The summed E-state index contributed by atoms with van der Waals surface area (Å²) >= 11 is 0. The van der Waals surface area contributed by atoms with Gasteiger partial charge in [-0.25, -0.2) is 0 Å². The highest BCUT2D eigenvalue weighted by atomic mass is 16.5. The minimum absolute atomic E-state index is 0.0256. The molecule has 0 rings (SSSR count). The van der Waals surface area contributed by atoms with Crippen molar-refractivity contribution in [3.63, 3.8) is 0 Å². The quantitative estimate of drug-likeness (QED) is 0.0321. The first-order valence-corrected chi connectivity index (χ1v) is 28.0. The molecule has 0 spiro atoms. The van der Waals surface area contributed by atoms with Crippen LogP contribution in [0.1, 0.15) is 309 Å². The molecule has 0 aliphatic heterocycles. The normalized spacial score (nSPS) is 12.6. The zero-order valence-electron chi connectivity index (χ0n) is 41.9. The van der Waals surface area contributed by atoms with Crippen LogP contribution in [-0.2, 0) is 14.3 Å². The number of amides is 1. The summed E-state index contributed by atoms with van der Waals surface area (Å²) < 4.78 is 5.44. The van der Waals surface area contributed by atoms with E-state index < -0.39 is 12.1 Å². The average Bonchev–Trinajstić information content (AvgIpc) is 3.27. The Morgan fingerprint density at radius 1 is 0.435 bits per heavy atom. The smallest absolute Gasteiger partial charge is 0.305 e. The van der Waals surface area contributed by atoms with Gasteiger partial charge >= 0.3 is 5.97 Å². The molecular formula is C56H109NO5. The van der Waals surface area contributed by atoms with Gasteiger partial charge in [0.15, 0.2) is 0 Å². The van der Waals surface area contributed by atoms with Gasteiger partial charge in [0, 0.05) is 12.8 Å². The Balaban J connectivity index is 3.50. The summed E-state index contributed by atoms with van der Waals surface area (Å²) in [7, 11) is 0. The molecule has 0 saturated heterocycles. The minimum Gasteiger partial charge on any atom is -0.466 e. The van der Waals surface area contributed by atoms with Crippen molar-refractivity contribution >= 4 is 11.9 Å². The number of aliphatic hydroxyl groups excluding tert-OH is 2. The lowest BCUT2D eigenvalue weighted by atomic mass is 10.0. The molecule has 0 aromatic heterocycles. The minimum atomic E-state index is -0.861. The summed E-state index contributed by atoms with van der Waals surface area (Å²) in [5.41, 5.74) is 0. The first kappa shape index (κ1) is 60.6. The number of aliphatic hydroxyl groups is 2. The predicted octanol–water partition coefficient (Wildman–Crippen LogP) is 16.9. The largest absolute Gasteiger partial charge is 0.466 e. The molecule has 0 bridgehead atoms. The number of nitrogens with one attached hydrogen (secondary N) is 1. The first-order chi connectivity index (χ1) is 30.5. The lowest BCUT2D eigenvalue weighted by Gasteiger charge is -2.20. The van der Waals surface area contributed by atoms with E-state index in [0.717, 1.165) is 57.8 Å². The second-order valence-electron chi connectivity index (χ2n) is 19.3. The van der Waals surface area contributed by atoms with Crippen LogP contribution >= 0.6 is 0 Å². The average molecular weight is 876 g/mol. The van der Waals surface area contributed by atoms with E-state index >= 15 is 0 Å². The number of hydrogen-bond acceptors (Lipinski definition) is 5. The van der Waals surface area contributed by atoms with Crippen LogP contribution in [0.2, 0.25) is 0 Å². The molecule has 0 heterocycles. The van der Waals surface area contributed by atoms with Crippen LogP contribution in [0.4, 0.5) is 0 Å². The Bertz CT molecular complexity index is 924. The molecule has 0 radical (unpaired) electrons. The number of hydrogen-bond donors (Lipinski definition) is 3. The van der Waals surface area contributed by atoms with Gasteiger partial charge in [0.05, 0.1) is 25.4 Å². The van der Waals surface area contributed by atoms with Gasteiger partial charge in [0.2, 0.25) is 5.91 Å². The van der Waals surface area contributed by atoms with E-state index in [-0.39, 0.29) is 18.5 Å². The van der Waals surface area contributed by atoms with E-state index in [1.54, 1.807) is 6.08 Å². The van der Waals surface area contributed by atoms with Crippen molar-refractivity contribution in [3.8, 4) is 0 Å². The maximum atomic E-state index is 12.5. The molecule has 0 aromatic rings. The molecule has 0 saturated carbocycles. The van der Waals surface area contributed by atoms with Crippen LogP contribution in [0.3, 0.4) is 0 Å². The Morgan fingerprint density at radius 2 is 0.742 bits per heavy atom. The third-order valence-electron chi connectivity index (χ3n) is 13.1. The van der Waals surface area contributed by atoms with Crippen molar-refractivity contribution in [2.45, 2.75) is 321 Å². The Labute approximate surface area is 387 Å². The molecule has 3 N–H and O–H groups in total. The van der Waals surface area contributed by atoms with E-state index in [2.05, 4.69) is 19.2 Å². The summed E-state index contributed by atoms with van der Waals surface area (Å²) in [4.78, 5) is 24.5. The molecule has 0 aliphatic carbocycles. The van der Waals surface area contributed by atoms with Gasteiger partial charge in [-0.05, 0) is 32.1 Å². The zero-order chi connectivity index (χ0) is 45.1. The highest BCUT2D eigenvalue weighted by Crippen LogP contribution is 2.17. The lowest BCUT2D eigenvalue weighted by Crippen LogP contribution is -2.45. The van der Waals surface area contributed by atoms with Gasteiger partial charge in [0.1, 0.15) is 0 Å². The van der Waals surface area contributed by atoms with Gasteiger partial charge in [-0.1, -0.05) is 276 Å². The van der Waals surface area contributed by atoms with Gasteiger partial charge < -0.3 is 20.3 Å². The number of allylic oxidation sites excluding steroid dienone is 1. The molecule has 62 heavy (non-hydrogen) atoms. The fourth-order valence-corrected chi connectivity index (χ4v) is 8.75. The summed E-state index contributed by atoms with van der Waals surface area (Å²) in [6.07, 6.45) is 60.8. The maximum absolute atomic E-state index is 12.5. The summed E-state index contributed by atoms with van der Waals surface area (Å²) in [5, 5.41) is 23.1. The molecule has 1 amide bonds. The fourth-order valence-electron chi connectivity index (χ4n) is 8.75. The van der Waals surface area contributed by atoms with Crippen molar-refractivity contribution in [3.05, 3.63) is 12.2 Å². The molecule has 0 fully saturated rings. The van der Waals surface area contributed by atoms with Crippen LogP contribution < -0.4 is 5.32 Å². The van der Waals surface area contributed by atoms with Crippen molar-refractivity contribution in [2.75, 3.05) is 13.2 Å². The molecule has 2 atom stereocenters. The SMILES string of the molecule is CCCCCCCCCCCCCCCCCCCCCCCC/C=C/C(O)C(CO)NC(=O)CCCCCCCCCCCOC(=O)CCCCCCCCCCCCCC. The van der Waals surface area contributed by atoms with Gasteiger partial charge in [0.25, 0.3) is 0 Å². The molecule has 6 heteroatoms. The van der Waals surface area contributed by atoms with Crippen LogP contribution in [0, 0.1) is 0 Å². The van der Waals surface area contributed by atoms with Crippen molar-refractivity contribution in [2.24, 2.45) is 0 Å². The monoisotopic (exact) mass is 876 g/mol. The van der Waals surface area contributed by atoms with Gasteiger partial charge in [-0.2, -0.15) is 0 Å². The standard InChI is InChI=1S/C56H109NO5/c1-3-5-7-9-11-13-15-17-18-19-20-21-22-23-24-25-26-27-28-29-32-36-40-44-48-54(59)53(52-58)57-55(60)49-45-41-37-33-31-35-39-43-47-51-62-56(61)50-46-42-38-34-30-16-14-12-10-8-6-4-2/h44,48,53-54,58-59H,3-43,45-47,49-52H2,1-2H3,(H,57,60)/b48-44+. The van der Waals surface area contributed by atoms with E-state index in [9.17, 15) is 19.8 Å². The fraction of sp³-hybridized carbons (Fsp3) is 0.929. The Hall–Kier alpha value is -1.40. The maximum Gasteiger partial charge on any atom is 0.305 e. The molecule has 368 valence electrons. The van der Waals surface area contributed by atoms with E-state index in [1.807, 2.05) is 6.08 Å². The number of carbonyl (C=O) groups is 2. The van der Waals surface area contributed by atoms with E-state index in [0.29, 0.717) is 19.4 Å². The second kappa shape index (κ2) is 52.2. The molecular weight excluding hydrogens is 767 g/mol. The number of ether oxygens (including phenoxy) is 1. The number of carbonyl (C=O) groups excluding carboxylic acids is 2. The third-order valence-corrected chi connectivity index (χ3v) is 13.1. The highest BCUT2D eigenvalue weighted by molar-refractivity contribution is 5.76. The molecule has 0 aromatic carbocycles. The van der Waals surface area contributed by atoms with Crippen LogP contribution in [0.25, 0.3) is 0 Å². The number of rotatable bonds is 52. The number of unbranched alkanes of at least 4 members (excludes halogenated alkanes) is 41. The van der Waals surface area contributed by atoms with Gasteiger partial charge in [-0.3, -0.25) is 9.59 Å². The first-order valence-electron chi connectivity index (χ1n) is 28.0. The second-order valence-corrected chi connectivity index (χ2v) is 19.3. The molecule has 2 unspecified atom stereocenters. The predicted molar refractivity (Wildman–Crippen MR) is 269 cm³/mol. The molecule has 6 nitrogen and oxygen atoms in total. The topological polar surface area (TPSA) is 95.9 Å². The van der Waals surface area contributed by atoms with Crippen LogP contribution in [0.5, 0.6) is 0 Å². The lowest BCUT2D eigenvalue weighted by molar-refractivity contribution is -0.143. The van der Waals surface area contributed by atoms with Crippen molar-refractivity contribution < 1.29 is 24.5 Å². The Kier molecular flexibility index (Phi) is 51.0. The number of esters is 1. The molecule has 0 aliphatic rings. The van der Waals surface area contributed by atoms with Crippen LogP contribution in [-0.4, -0.2) is 47.4 Å². The van der Waals surface area contributed by atoms with Crippen LogP contribution in [0.15, 0.2) is 12.2 Å². The van der Waals surface area contributed by atoms with Crippen molar-refractivity contribution in [1.29, 1.82) is 0 Å². The summed E-state index contributed by atoms with van der Waals surface area (Å²) in [6, 6.07) is -0.647. The van der Waals surface area contributed by atoms with Gasteiger partial charge in [-0.15, -0.1) is 0 Å². The van der Waals surface area contributed by atoms with E-state index in [1.165, 1.54) is 225 Å². The third kappa shape index (κ3) is 48.1. The summed E-state index contributed by atoms with van der Waals surface area (Å²) in [5.74, 6) is -0.117. The van der Waals surface area contributed by atoms with Crippen molar-refractivity contribution in [1.82, 2.24) is 5.32 Å². The zero-order valence-corrected chi connectivity index (χ0v) is 41.9. The van der Waals surface area contributed by atoms with E-state index in [4.69, 9.17) is 4.74 Å².